The normalized spacial score (nSPS) is 18.3. The van der Waals surface area contributed by atoms with Crippen molar-refractivity contribution in [3.8, 4) is 11.8 Å². The van der Waals surface area contributed by atoms with Gasteiger partial charge < -0.3 is 5.11 Å². The molecule has 1 aliphatic carbocycles. The van der Waals surface area contributed by atoms with E-state index in [9.17, 15) is 5.11 Å². The number of benzene rings is 1. The van der Waals surface area contributed by atoms with Crippen molar-refractivity contribution in [2.24, 2.45) is 0 Å². The summed E-state index contributed by atoms with van der Waals surface area (Å²) in [4.78, 5) is 0. The average Bonchev–Trinajstić information content (AvgIpc) is 2.32. The maximum absolute atomic E-state index is 10.3. The Labute approximate surface area is 108 Å². The van der Waals surface area contributed by atoms with Gasteiger partial charge in [0.05, 0.1) is 0 Å². The molecule has 0 spiro atoms. The molecule has 1 fully saturated rings. The lowest BCUT2D eigenvalue weighted by atomic mass is 9.85. The molecule has 0 aromatic heterocycles. The van der Waals surface area contributed by atoms with Gasteiger partial charge in [-0.25, -0.2) is 0 Å². The van der Waals surface area contributed by atoms with Crippen LogP contribution in [-0.4, -0.2) is 10.7 Å². The van der Waals surface area contributed by atoms with Crippen LogP contribution in [0.2, 0.25) is 5.02 Å². The van der Waals surface area contributed by atoms with Crippen molar-refractivity contribution in [2.45, 2.75) is 44.6 Å². The highest BCUT2D eigenvalue weighted by atomic mass is 35.5. The van der Waals surface area contributed by atoms with Crippen LogP contribution in [-0.2, 0) is 0 Å². The Morgan fingerprint density at radius 2 is 1.94 bits per heavy atom. The molecule has 90 valence electrons. The van der Waals surface area contributed by atoms with Crippen molar-refractivity contribution >= 4 is 11.6 Å². The van der Waals surface area contributed by atoms with E-state index in [1.165, 1.54) is 6.42 Å². The van der Waals surface area contributed by atoms with Crippen LogP contribution in [0.15, 0.2) is 18.2 Å². The van der Waals surface area contributed by atoms with Gasteiger partial charge in [-0.15, -0.1) is 0 Å². The second kappa shape index (κ2) is 5.12. The second-order valence-corrected chi connectivity index (χ2v) is 5.16. The van der Waals surface area contributed by atoms with E-state index >= 15 is 0 Å². The molecule has 0 heterocycles. The number of halogens is 1. The summed E-state index contributed by atoms with van der Waals surface area (Å²) in [5.74, 6) is 6.11. The fraction of sp³-hybridized carbons (Fsp3) is 0.467. The molecule has 1 aromatic carbocycles. The van der Waals surface area contributed by atoms with Crippen molar-refractivity contribution in [1.82, 2.24) is 0 Å². The highest BCUT2D eigenvalue weighted by Crippen LogP contribution is 2.27. The molecule has 0 radical (unpaired) electrons. The van der Waals surface area contributed by atoms with Gasteiger partial charge in [0.1, 0.15) is 5.60 Å². The molecule has 1 N–H and O–H groups in total. The summed E-state index contributed by atoms with van der Waals surface area (Å²) in [5.41, 5.74) is 1.12. The maximum atomic E-state index is 10.3. The molecular weight excluding hydrogens is 232 g/mol. The first-order valence-electron chi connectivity index (χ1n) is 6.11. The molecule has 0 amide bonds. The van der Waals surface area contributed by atoms with Gasteiger partial charge in [0.15, 0.2) is 0 Å². The lowest BCUT2D eigenvalue weighted by molar-refractivity contribution is 0.0610. The molecule has 0 saturated heterocycles. The molecule has 1 nitrogen and oxygen atoms in total. The van der Waals surface area contributed by atoms with E-state index in [1.807, 2.05) is 25.1 Å². The summed E-state index contributed by atoms with van der Waals surface area (Å²) >= 11 is 6.04. The van der Waals surface area contributed by atoms with Gasteiger partial charge >= 0.3 is 0 Å². The Balaban J connectivity index is 2.23. The van der Waals surface area contributed by atoms with Crippen LogP contribution >= 0.6 is 11.6 Å². The number of aliphatic hydroxyl groups is 1. The Morgan fingerprint density at radius 1 is 1.24 bits per heavy atom. The van der Waals surface area contributed by atoms with E-state index in [2.05, 4.69) is 11.8 Å². The fourth-order valence-corrected chi connectivity index (χ4v) is 2.36. The van der Waals surface area contributed by atoms with E-state index in [0.29, 0.717) is 0 Å². The quantitative estimate of drug-likeness (QED) is 0.695. The van der Waals surface area contributed by atoms with Crippen molar-refractivity contribution < 1.29 is 5.11 Å². The van der Waals surface area contributed by atoms with Gasteiger partial charge in [-0.05, 0) is 50.3 Å². The van der Waals surface area contributed by atoms with Crippen LogP contribution in [0.5, 0.6) is 0 Å². The summed E-state index contributed by atoms with van der Waals surface area (Å²) in [5, 5.41) is 11.0. The van der Waals surface area contributed by atoms with Crippen LogP contribution in [0.3, 0.4) is 0 Å². The Bertz CT molecular complexity index is 462. The smallest absolute Gasteiger partial charge is 0.125 e. The van der Waals surface area contributed by atoms with E-state index in [4.69, 9.17) is 11.6 Å². The van der Waals surface area contributed by atoms with Crippen LogP contribution in [0.4, 0.5) is 0 Å². The molecule has 1 aromatic rings. The van der Waals surface area contributed by atoms with Gasteiger partial charge in [-0.2, -0.15) is 0 Å². The van der Waals surface area contributed by atoms with E-state index < -0.39 is 5.60 Å². The van der Waals surface area contributed by atoms with Crippen LogP contribution < -0.4 is 0 Å². The third-order valence-electron chi connectivity index (χ3n) is 3.38. The molecule has 0 aliphatic heterocycles. The molecule has 2 rings (SSSR count). The monoisotopic (exact) mass is 248 g/mol. The fourth-order valence-electron chi connectivity index (χ4n) is 2.19. The predicted octanol–water partition coefficient (Wildman–Crippen LogP) is 3.70. The number of hydrogen-bond donors (Lipinski definition) is 1. The minimum absolute atomic E-state index is 0.729. The Hall–Kier alpha value is -0.970. The van der Waals surface area contributed by atoms with Crippen LogP contribution in [0, 0.1) is 18.8 Å². The second-order valence-electron chi connectivity index (χ2n) is 4.75. The van der Waals surface area contributed by atoms with Crippen molar-refractivity contribution in [2.75, 3.05) is 0 Å². The number of rotatable bonds is 0. The summed E-state index contributed by atoms with van der Waals surface area (Å²) in [7, 11) is 0. The maximum Gasteiger partial charge on any atom is 0.125 e. The van der Waals surface area contributed by atoms with Gasteiger partial charge in [0.2, 0.25) is 0 Å². The summed E-state index contributed by atoms with van der Waals surface area (Å²) in [6.07, 6.45) is 4.93. The summed E-state index contributed by atoms with van der Waals surface area (Å²) < 4.78 is 0. The first kappa shape index (κ1) is 12.5. The highest BCUT2D eigenvalue weighted by Gasteiger charge is 2.26. The van der Waals surface area contributed by atoms with Crippen molar-refractivity contribution in [3.63, 3.8) is 0 Å². The molecule has 0 unspecified atom stereocenters. The van der Waals surface area contributed by atoms with Crippen LogP contribution in [0.1, 0.15) is 43.2 Å². The average molecular weight is 249 g/mol. The third-order valence-corrected chi connectivity index (χ3v) is 3.79. The minimum atomic E-state index is -0.785. The van der Waals surface area contributed by atoms with Gasteiger partial charge in [0, 0.05) is 10.6 Å². The zero-order valence-corrected chi connectivity index (χ0v) is 10.8. The SMILES string of the molecule is Cc1c(Cl)cccc1C#CC1(O)CCCCC1. The summed E-state index contributed by atoms with van der Waals surface area (Å²) in [6, 6.07) is 5.70. The van der Waals surface area contributed by atoms with Gasteiger partial charge in [-0.3, -0.25) is 0 Å². The molecule has 17 heavy (non-hydrogen) atoms. The lowest BCUT2D eigenvalue weighted by Gasteiger charge is -2.26. The molecule has 2 heteroatoms. The first-order valence-corrected chi connectivity index (χ1v) is 6.49. The molecule has 1 aliphatic rings. The molecular formula is C15H17ClO. The highest BCUT2D eigenvalue weighted by molar-refractivity contribution is 6.31. The lowest BCUT2D eigenvalue weighted by Crippen LogP contribution is -2.29. The number of hydrogen-bond acceptors (Lipinski definition) is 1. The van der Waals surface area contributed by atoms with E-state index in [-0.39, 0.29) is 0 Å². The topological polar surface area (TPSA) is 20.2 Å². The van der Waals surface area contributed by atoms with Crippen molar-refractivity contribution in [1.29, 1.82) is 0 Å². The Kier molecular flexibility index (Phi) is 3.76. The van der Waals surface area contributed by atoms with E-state index in [0.717, 1.165) is 41.8 Å². The van der Waals surface area contributed by atoms with Gasteiger partial charge in [-0.1, -0.05) is 35.9 Å². The standard InChI is InChI=1S/C15H17ClO/c1-12-13(6-5-7-14(12)16)8-11-15(17)9-3-2-4-10-15/h5-7,17H,2-4,9-10H2,1H3. The largest absolute Gasteiger partial charge is 0.378 e. The molecule has 0 atom stereocenters. The van der Waals surface area contributed by atoms with Crippen molar-refractivity contribution in [3.05, 3.63) is 34.3 Å². The zero-order chi connectivity index (χ0) is 12.3. The molecule has 1 saturated carbocycles. The summed E-state index contributed by atoms with van der Waals surface area (Å²) in [6.45, 7) is 1.96. The first-order chi connectivity index (χ1) is 8.11. The minimum Gasteiger partial charge on any atom is -0.378 e. The van der Waals surface area contributed by atoms with E-state index in [1.54, 1.807) is 0 Å². The van der Waals surface area contributed by atoms with Crippen LogP contribution in [0.25, 0.3) is 0 Å². The molecule has 0 bridgehead atoms. The Morgan fingerprint density at radius 3 is 2.65 bits per heavy atom. The van der Waals surface area contributed by atoms with Gasteiger partial charge in [0.25, 0.3) is 0 Å². The zero-order valence-electron chi connectivity index (χ0n) is 10.1. The third kappa shape index (κ3) is 3.03. The predicted molar refractivity (Wildman–Crippen MR) is 71.1 cm³/mol.